The van der Waals surface area contributed by atoms with E-state index < -0.39 is 0 Å². The zero-order chi connectivity index (χ0) is 17.8. The molecule has 0 fully saturated rings. The van der Waals surface area contributed by atoms with E-state index in [1.165, 1.54) is 5.56 Å². The molecular formula is C21H26O3S. The van der Waals surface area contributed by atoms with Gasteiger partial charge in [0, 0.05) is 5.75 Å². The van der Waals surface area contributed by atoms with Gasteiger partial charge in [-0.1, -0.05) is 38.8 Å². The number of hydrogen-bond acceptors (Lipinski definition) is 4. The van der Waals surface area contributed by atoms with Crippen LogP contribution in [0.1, 0.15) is 49.5 Å². The summed E-state index contributed by atoms with van der Waals surface area (Å²) < 4.78 is 11.6. The first-order chi connectivity index (χ1) is 12.2. The molecule has 0 aromatic heterocycles. The number of benzene rings is 2. The minimum Gasteiger partial charge on any atom is -0.506 e. The Bertz CT molecular complexity index is 725. The fourth-order valence-corrected chi connectivity index (χ4v) is 4.40. The van der Waals surface area contributed by atoms with Gasteiger partial charge in [0.15, 0.2) is 0 Å². The van der Waals surface area contributed by atoms with Gasteiger partial charge >= 0.3 is 0 Å². The average molecular weight is 359 g/mol. The summed E-state index contributed by atoms with van der Waals surface area (Å²) in [4.78, 5) is 0.916. The Kier molecular flexibility index (Phi) is 5.79. The van der Waals surface area contributed by atoms with Crippen molar-refractivity contribution in [2.24, 2.45) is 0 Å². The average Bonchev–Trinajstić information content (AvgIpc) is 2.65. The summed E-state index contributed by atoms with van der Waals surface area (Å²) >= 11 is 1.70. The van der Waals surface area contributed by atoms with Crippen LogP contribution in [0, 0.1) is 0 Å². The molecule has 1 unspecified atom stereocenters. The van der Waals surface area contributed by atoms with Gasteiger partial charge in [-0.2, -0.15) is 0 Å². The van der Waals surface area contributed by atoms with Crippen molar-refractivity contribution in [2.75, 3.05) is 12.9 Å². The van der Waals surface area contributed by atoms with Crippen LogP contribution in [0.3, 0.4) is 0 Å². The summed E-state index contributed by atoms with van der Waals surface area (Å²) in [5.41, 5.74) is 3.40. The van der Waals surface area contributed by atoms with Crippen molar-refractivity contribution >= 4 is 11.8 Å². The molecule has 1 aliphatic rings. The number of phenolic OH excluding ortho intramolecular Hbond substituents is 1. The van der Waals surface area contributed by atoms with Crippen LogP contribution in [0.2, 0.25) is 0 Å². The van der Waals surface area contributed by atoms with Crippen molar-refractivity contribution in [2.45, 2.75) is 50.5 Å². The maximum absolute atomic E-state index is 10.7. The van der Waals surface area contributed by atoms with E-state index in [-0.39, 0.29) is 6.10 Å². The molecule has 1 heterocycles. The van der Waals surface area contributed by atoms with Crippen LogP contribution in [0.25, 0.3) is 0 Å². The molecule has 0 aliphatic carbocycles. The summed E-state index contributed by atoms with van der Waals surface area (Å²) in [6, 6.07) is 10.2. The van der Waals surface area contributed by atoms with E-state index in [0.29, 0.717) is 5.75 Å². The quantitative estimate of drug-likeness (QED) is 0.737. The molecule has 134 valence electrons. The van der Waals surface area contributed by atoms with E-state index >= 15 is 0 Å². The molecule has 1 aliphatic heterocycles. The predicted molar refractivity (Wildman–Crippen MR) is 103 cm³/mol. The molecule has 0 bridgehead atoms. The van der Waals surface area contributed by atoms with E-state index in [4.69, 9.17) is 9.47 Å². The van der Waals surface area contributed by atoms with E-state index in [9.17, 15) is 5.11 Å². The summed E-state index contributed by atoms with van der Waals surface area (Å²) in [5, 5.41) is 10.7. The molecule has 0 spiro atoms. The van der Waals surface area contributed by atoms with E-state index in [2.05, 4.69) is 32.0 Å². The van der Waals surface area contributed by atoms with Crippen molar-refractivity contribution in [3.05, 3.63) is 47.0 Å². The number of aromatic hydroxyl groups is 1. The lowest BCUT2D eigenvalue weighted by molar-refractivity contribution is 0.215. The third kappa shape index (κ3) is 3.74. The SMILES string of the molecule is CCCc1cc(CCC)c2c(c1O)SCC(c1ccc(OC)cc1)O2. The summed E-state index contributed by atoms with van der Waals surface area (Å²) in [7, 11) is 1.67. The Morgan fingerprint density at radius 1 is 1.12 bits per heavy atom. The number of aryl methyl sites for hydroxylation is 2. The highest BCUT2D eigenvalue weighted by atomic mass is 32.2. The zero-order valence-electron chi connectivity index (χ0n) is 15.2. The second-order valence-electron chi connectivity index (χ2n) is 6.39. The standard InChI is InChI=1S/C21H26O3S/c1-4-6-15-12-16(7-5-2)20-21(19(15)22)25-13-18(24-20)14-8-10-17(23-3)11-9-14/h8-12,18,22H,4-7,13H2,1-3H3. The summed E-state index contributed by atoms with van der Waals surface area (Å²) in [6.07, 6.45) is 3.95. The van der Waals surface area contributed by atoms with Crippen LogP contribution in [-0.2, 0) is 12.8 Å². The Hall–Kier alpha value is -1.81. The van der Waals surface area contributed by atoms with Gasteiger partial charge in [0.2, 0.25) is 0 Å². The van der Waals surface area contributed by atoms with E-state index in [1.807, 2.05) is 12.1 Å². The Balaban J connectivity index is 1.94. The molecular weight excluding hydrogens is 332 g/mol. The molecule has 2 aromatic carbocycles. The molecule has 1 N–H and O–H groups in total. The largest absolute Gasteiger partial charge is 0.506 e. The van der Waals surface area contributed by atoms with Gasteiger partial charge in [-0.15, -0.1) is 11.8 Å². The second kappa shape index (κ2) is 8.05. The number of fused-ring (bicyclic) bond motifs is 1. The highest BCUT2D eigenvalue weighted by Gasteiger charge is 2.28. The smallest absolute Gasteiger partial charge is 0.140 e. The first kappa shape index (κ1) is 18.0. The van der Waals surface area contributed by atoms with Crippen LogP contribution in [0.5, 0.6) is 17.2 Å². The molecule has 3 rings (SSSR count). The molecule has 1 atom stereocenters. The molecule has 0 radical (unpaired) electrons. The van der Waals surface area contributed by atoms with Gasteiger partial charge in [-0.25, -0.2) is 0 Å². The molecule has 2 aromatic rings. The molecule has 0 saturated heterocycles. The first-order valence-electron chi connectivity index (χ1n) is 8.99. The van der Waals surface area contributed by atoms with Crippen molar-refractivity contribution in [1.29, 1.82) is 0 Å². The van der Waals surface area contributed by atoms with Crippen molar-refractivity contribution in [3.63, 3.8) is 0 Å². The minimum atomic E-state index is -0.00422. The monoisotopic (exact) mass is 358 g/mol. The molecule has 25 heavy (non-hydrogen) atoms. The number of ether oxygens (including phenoxy) is 2. The van der Waals surface area contributed by atoms with Gasteiger partial charge in [-0.05, 0) is 47.7 Å². The van der Waals surface area contributed by atoms with E-state index in [1.54, 1.807) is 18.9 Å². The van der Waals surface area contributed by atoms with Gasteiger partial charge in [0.25, 0.3) is 0 Å². The van der Waals surface area contributed by atoms with Crippen LogP contribution in [0.15, 0.2) is 35.2 Å². The topological polar surface area (TPSA) is 38.7 Å². The zero-order valence-corrected chi connectivity index (χ0v) is 16.0. The summed E-state index contributed by atoms with van der Waals surface area (Å²) in [6.45, 7) is 4.32. The van der Waals surface area contributed by atoms with Gasteiger partial charge in [-0.3, -0.25) is 0 Å². The number of hydrogen-bond donors (Lipinski definition) is 1. The number of thioether (sulfide) groups is 1. The number of methoxy groups -OCH3 is 1. The second-order valence-corrected chi connectivity index (χ2v) is 7.42. The molecule has 0 saturated carbocycles. The summed E-state index contributed by atoms with van der Waals surface area (Å²) in [5.74, 6) is 2.93. The van der Waals surface area contributed by atoms with Crippen molar-refractivity contribution in [3.8, 4) is 17.2 Å². The lowest BCUT2D eigenvalue weighted by Crippen LogP contribution is -2.16. The highest BCUT2D eigenvalue weighted by molar-refractivity contribution is 7.99. The predicted octanol–water partition coefficient (Wildman–Crippen LogP) is 5.53. The molecule has 0 amide bonds. The van der Waals surface area contributed by atoms with Crippen LogP contribution >= 0.6 is 11.8 Å². The minimum absolute atomic E-state index is 0.00422. The fraction of sp³-hybridized carbons (Fsp3) is 0.429. The first-order valence-corrected chi connectivity index (χ1v) is 9.97. The normalized spacial score (nSPS) is 16.2. The molecule has 3 nitrogen and oxygen atoms in total. The number of rotatable bonds is 6. The van der Waals surface area contributed by atoms with Gasteiger partial charge in [0.1, 0.15) is 23.4 Å². The van der Waals surface area contributed by atoms with Crippen LogP contribution in [-0.4, -0.2) is 18.0 Å². The lowest BCUT2D eigenvalue weighted by atomic mass is 10.0. The van der Waals surface area contributed by atoms with Gasteiger partial charge < -0.3 is 14.6 Å². The van der Waals surface area contributed by atoms with Crippen LogP contribution < -0.4 is 9.47 Å². The van der Waals surface area contributed by atoms with E-state index in [0.717, 1.165) is 59.0 Å². The highest BCUT2D eigenvalue weighted by Crippen LogP contribution is 2.49. The number of phenols is 1. The van der Waals surface area contributed by atoms with Crippen LogP contribution in [0.4, 0.5) is 0 Å². The maximum atomic E-state index is 10.7. The molecule has 4 heteroatoms. The third-order valence-corrected chi connectivity index (χ3v) is 5.67. The Morgan fingerprint density at radius 2 is 1.80 bits per heavy atom. The Labute approximate surface area is 154 Å². The van der Waals surface area contributed by atoms with Gasteiger partial charge in [0.05, 0.1) is 12.0 Å². The van der Waals surface area contributed by atoms with Crippen molar-refractivity contribution in [1.82, 2.24) is 0 Å². The fourth-order valence-electron chi connectivity index (χ4n) is 3.24. The third-order valence-electron chi connectivity index (χ3n) is 4.53. The van der Waals surface area contributed by atoms with Crippen molar-refractivity contribution < 1.29 is 14.6 Å². The Morgan fingerprint density at radius 3 is 2.44 bits per heavy atom. The maximum Gasteiger partial charge on any atom is 0.140 e. The lowest BCUT2D eigenvalue weighted by Gasteiger charge is -2.29.